The number of hydrogen-bond acceptors (Lipinski definition) is 5. The van der Waals surface area contributed by atoms with Gasteiger partial charge in [-0.15, -0.1) is 0 Å². The summed E-state index contributed by atoms with van der Waals surface area (Å²) in [7, 11) is 1.61. The van der Waals surface area contributed by atoms with Crippen LogP contribution in [0, 0.1) is 0 Å². The molecule has 8 nitrogen and oxygen atoms in total. The highest BCUT2D eigenvalue weighted by Crippen LogP contribution is 2.43. The van der Waals surface area contributed by atoms with Crippen LogP contribution in [0.15, 0.2) is 12.2 Å². The lowest BCUT2D eigenvalue weighted by atomic mass is 10.0. The average Bonchev–Trinajstić information content (AvgIpc) is 3.02. The van der Waals surface area contributed by atoms with Crippen LogP contribution in [0.5, 0.6) is 0 Å². The number of unbranched alkanes of at least 4 members (excludes halogenated alkanes) is 21. The van der Waals surface area contributed by atoms with Gasteiger partial charge in [-0.25, -0.2) is 4.57 Å². The Labute approximate surface area is 297 Å². The number of carbonyl (C=O) groups excluding carboxylic acids is 1. The van der Waals surface area contributed by atoms with Crippen LogP contribution in [0.2, 0.25) is 0 Å². The minimum Gasteiger partial charge on any atom is -0.391 e. The monoisotopic (exact) mass is 704 g/mol. The maximum atomic E-state index is 12.8. The number of likely N-dealkylation sites (N-methyl/N-ethyl adjacent to an activating group) is 1. The molecule has 0 rings (SSSR count). The Bertz CT molecular complexity index is 804. The van der Waals surface area contributed by atoms with Crippen molar-refractivity contribution in [3.05, 3.63) is 12.2 Å². The Morgan fingerprint density at radius 2 is 1.12 bits per heavy atom. The van der Waals surface area contributed by atoms with Crippen molar-refractivity contribution in [1.29, 1.82) is 0 Å². The molecule has 3 N–H and O–H groups in total. The van der Waals surface area contributed by atoms with E-state index >= 15 is 0 Å². The van der Waals surface area contributed by atoms with E-state index in [0.717, 1.165) is 51.4 Å². The van der Waals surface area contributed by atoms with Crippen LogP contribution in [0.25, 0.3) is 0 Å². The van der Waals surface area contributed by atoms with Gasteiger partial charge in [0, 0.05) is 6.42 Å². The van der Waals surface area contributed by atoms with E-state index in [0.29, 0.717) is 23.9 Å². The number of amides is 1. The van der Waals surface area contributed by atoms with Gasteiger partial charge in [0.2, 0.25) is 5.91 Å². The van der Waals surface area contributed by atoms with Crippen molar-refractivity contribution in [3.63, 3.8) is 0 Å². The fourth-order valence-electron chi connectivity index (χ4n) is 5.74. The third-order valence-corrected chi connectivity index (χ3v) is 10.00. The molecule has 0 fully saturated rings. The normalized spacial score (nSPS) is 14.7. The average molecular weight is 704 g/mol. The smallest absolute Gasteiger partial charge is 0.391 e. The van der Waals surface area contributed by atoms with Crippen LogP contribution >= 0.6 is 7.82 Å². The number of allylic oxidation sites excluding steroid dienone is 2. The van der Waals surface area contributed by atoms with Crippen LogP contribution in [-0.2, 0) is 18.4 Å². The summed E-state index contributed by atoms with van der Waals surface area (Å²) in [5, 5.41) is 13.9. The standard InChI is InChI=1S/C39H79N2O6P/c1-6-8-10-12-14-16-18-20-22-24-26-28-30-32-38(42)37(36-47-48(44,45)46-35-34-41(3,4)5)40-39(43)33-31-29-27-25-23-21-19-17-15-13-11-9-7-2/h17,19,37-38,42H,6-16,18,20-36H2,1-5H3,(H-,40,43,44,45)/p+1/b19-17-/t37-,38+/m0/s1. The van der Waals surface area contributed by atoms with Crippen molar-refractivity contribution in [1.82, 2.24) is 5.32 Å². The number of phosphoric ester groups is 1. The van der Waals surface area contributed by atoms with E-state index in [9.17, 15) is 19.4 Å². The van der Waals surface area contributed by atoms with Crippen molar-refractivity contribution >= 4 is 13.7 Å². The van der Waals surface area contributed by atoms with E-state index < -0.39 is 20.0 Å². The van der Waals surface area contributed by atoms with Crippen LogP contribution in [0.3, 0.4) is 0 Å². The Morgan fingerprint density at radius 3 is 1.62 bits per heavy atom. The molecule has 0 saturated heterocycles. The quantitative estimate of drug-likeness (QED) is 0.0260. The summed E-state index contributed by atoms with van der Waals surface area (Å²) < 4.78 is 23.5. The molecule has 9 heteroatoms. The van der Waals surface area contributed by atoms with Gasteiger partial charge in [0.05, 0.1) is 39.9 Å². The Balaban J connectivity index is 4.45. The van der Waals surface area contributed by atoms with Crippen LogP contribution in [-0.4, -0.2) is 73.4 Å². The largest absolute Gasteiger partial charge is 0.472 e. The summed E-state index contributed by atoms with van der Waals surface area (Å²) in [6.45, 7) is 4.85. The van der Waals surface area contributed by atoms with Crippen LogP contribution in [0.1, 0.15) is 181 Å². The molecule has 0 radical (unpaired) electrons. The summed E-state index contributed by atoms with van der Waals surface area (Å²) in [4.78, 5) is 23.0. The Morgan fingerprint density at radius 1 is 0.688 bits per heavy atom. The molecule has 0 aromatic carbocycles. The lowest BCUT2D eigenvalue weighted by Crippen LogP contribution is -2.46. The minimum atomic E-state index is -4.30. The predicted octanol–water partition coefficient (Wildman–Crippen LogP) is 10.4. The fraction of sp³-hybridized carbons (Fsp3) is 0.923. The number of carbonyl (C=O) groups is 1. The number of aliphatic hydroxyl groups excluding tert-OH is 1. The molecule has 0 spiro atoms. The lowest BCUT2D eigenvalue weighted by molar-refractivity contribution is -0.870. The van der Waals surface area contributed by atoms with Crippen LogP contribution in [0.4, 0.5) is 0 Å². The van der Waals surface area contributed by atoms with Gasteiger partial charge in [-0.3, -0.25) is 13.8 Å². The van der Waals surface area contributed by atoms with Gasteiger partial charge in [-0.2, -0.15) is 0 Å². The van der Waals surface area contributed by atoms with Crippen molar-refractivity contribution in [2.45, 2.75) is 193 Å². The lowest BCUT2D eigenvalue weighted by Gasteiger charge is -2.26. The number of aliphatic hydroxyl groups is 1. The molecular formula is C39H80N2O6P+. The molecule has 1 amide bonds. The Kier molecular flexibility index (Phi) is 31.7. The Hall–Kier alpha value is -0.760. The van der Waals surface area contributed by atoms with Gasteiger partial charge in [0.15, 0.2) is 0 Å². The number of hydrogen-bond donors (Lipinski definition) is 3. The molecule has 0 aromatic heterocycles. The number of quaternary nitrogens is 1. The van der Waals surface area contributed by atoms with Crippen molar-refractivity contribution < 1.29 is 32.9 Å². The third-order valence-electron chi connectivity index (χ3n) is 9.01. The zero-order valence-corrected chi connectivity index (χ0v) is 33.1. The minimum absolute atomic E-state index is 0.0746. The molecule has 0 aliphatic carbocycles. The highest BCUT2D eigenvalue weighted by atomic mass is 31.2. The summed E-state index contributed by atoms with van der Waals surface area (Å²) in [6, 6.07) is -0.758. The van der Waals surface area contributed by atoms with E-state index in [4.69, 9.17) is 9.05 Å². The summed E-state index contributed by atoms with van der Waals surface area (Å²) in [6.07, 6.45) is 33.7. The molecule has 3 atom stereocenters. The third kappa shape index (κ3) is 33.7. The summed E-state index contributed by atoms with van der Waals surface area (Å²) in [5.41, 5.74) is 0. The number of phosphoric acid groups is 1. The molecule has 0 bridgehead atoms. The molecule has 0 aliphatic heterocycles. The van der Waals surface area contributed by atoms with Crippen molar-refractivity contribution in [2.24, 2.45) is 0 Å². The number of rotatable bonds is 36. The van der Waals surface area contributed by atoms with Gasteiger partial charge in [0.25, 0.3) is 0 Å². The van der Waals surface area contributed by atoms with E-state index in [1.54, 1.807) is 0 Å². The van der Waals surface area contributed by atoms with Crippen molar-refractivity contribution in [2.75, 3.05) is 40.9 Å². The van der Waals surface area contributed by atoms with Gasteiger partial charge >= 0.3 is 7.82 Å². The second kappa shape index (κ2) is 32.2. The zero-order chi connectivity index (χ0) is 35.8. The van der Waals surface area contributed by atoms with Gasteiger partial charge in [-0.1, -0.05) is 148 Å². The number of nitrogens with zero attached hydrogens (tertiary/aromatic N) is 1. The molecule has 0 aromatic rings. The van der Waals surface area contributed by atoms with Gasteiger partial charge in [0.1, 0.15) is 13.2 Å². The van der Waals surface area contributed by atoms with Crippen LogP contribution < -0.4 is 5.32 Å². The van der Waals surface area contributed by atoms with E-state index in [1.807, 2.05) is 21.1 Å². The van der Waals surface area contributed by atoms with E-state index in [-0.39, 0.29) is 19.1 Å². The topological polar surface area (TPSA) is 105 Å². The molecule has 0 aliphatic rings. The first kappa shape index (κ1) is 47.2. The second-order valence-electron chi connectivity index (χ2n) is 15.0. The maximum Gasteiger partial charge on any atom is 0.472 e. The highest BCUT2D eigenvalue weighted by molar-refractivity contribution is 7.47. The molecular weight excluding hydrogens is 623 g/mol. The SMILES string of the molecule is CCCCCC/C=C\CCCCCCCC(=O)N[C@@H](COP(=O)(O)OCC[N+](C)(C)C)[C@H](O)CCCCCCCCCCCCCCC. The van der Waals surface area contributed by atoms with E-state index in [1.165, 1.54) is 103 Å². The molecule has 1 unspecified atom stereocenters. The predicted molar refractivity (Wildman–Crippen MR) is 203 cm³/mol. The molecule has 48 heavy (non-hydrogen) atoms. The first-order valence-corrected chi connectivity index (χ1v) is 21.5. The fourth-order valence-corrected chi connectivity index (χ4v) is 6.48. The molecule has 0 heterocycles. The zero-order valence-electron chi connectivity index (χ0n) is 32.2. The molecule has 0 saturated carbocycles. The summed E-state index contributed by atoms with van der Waals surface area (Å²) in [5.74, 6) is -0.155. The first-order valence-electron chi connectivity index (χ1n) is 20.1. The summed E-state index contributed by atoms with van der Waals surface area (Å²) >= 11 is 0. The molecule has 286 valence electrons. The second-order valence-corrected chi connectivity index (χ2v) is 16.5. The van der Waals surface area contributed by atoms with Gasteiger partial charge in [-0.05, 0) is 38.5 Å². The van der Waals surface area contributed by atoms with Crippen molar-refractivity contribution in [3.8, 4) is 0 Å². The maximum absolute atomic E-state index is 12.8. The van der Waals surface area contributed by atoms with E-state index in [2.05, 4.69) is 31.3 Å². The first-order chi connectivity index (χ1) is 23.0. The number of nitrogens with one attached hydrogen (secondary N) is 1. The van der Waals surface area contributed by atoms with Gasteiger partial charge < -0.3 is 19.8 Å². The highest BCUT2D eigenvalue weighted by Gasteiger charge is 2.28.